The van der Waals surface area contributed by atoms with Crippen molar-refractivity contribution < 1.29 is 24.0 Å². The molecule has 4 aromatic rings. The summed E-state index contributed by atoms with van der Waals surface area (Å²) in [7, 11) is 0. The number of para-hydroxylation sites is 1. The number of carboxylic acid groups (broad SMARTS) is 1. The second-order valence-electron chi connectivity index (χ2n) is 6.86. The molecule has 4 rings (SSSR count). The molecule has 0 bridgehead atoms. The lowest BCUT2D eigenvalue weighted by molar-refractivity contribution is -0.384. The SMILES string of the molecule is Cc1ccc(-c2ccc(C(=O)n3c(C)c(C(=O)O)c4ccccc43)o2)c([N+](=O)[O-])c1. The van der Waals surface area contributed by atoms with Gasteiger partial charge in [-0.2, -0.15) is 0 Å². The Morgan fingerprint density at radius 2 is 1.80 bits per heavy atom. The predicted molar refractivity (Wildman–Crippen MR) is 109 cm³/mol. The lowest BCUT2D eigenvalue weighted by Crippen LogP contribution is -2.13. The van der Waals surface area contributed by atoms with E-state index in [1.165, 1.54) is 22.8 Å². The summed E-state index contributed by atoms with van der Waals surface area (Å²) in [6, 6.07) is 14.3. The van der Waals surface area contributed by atoms with Gasteiger partial charge < -0.3 is 9.52 Å². The van der Waals surface area contributed by atoms with Crippen LogP contribution >= 0.6 is 0 Å². The van der Waals surface area contributed by atoms with Crippen LogP contribution in [0.1, 0.15) is 32.2 Å². The summed E-state index contributed by atoms with van der Waals surface area (Å²) >= 11 is 0. The normalized spacial score (nSPS) is 11.0. The van der Waals surface area contributed by atoms with Crippen molar-refractivity contribution >= 4 is 28.5 Å². The van der Waals surface area contributed by atoms with Crippen LogP contribution in [0.2, 0.25) is 0 Å². The minimum absolute atomic E-state index is 0.0416. The molecule has 8 nitrogen and oxygen atoms in total. The highest BCUT2D eigenvalue weighted by atomic mass is 16.6. The van der Waals surface area contributed by atoms with Crippen molar-refractivity contribution in [2.75, 3.05) is 0 Å². The summed E-state index contributed by atoms with van der Waals surface area (Å²) < 4.78 is 6.95. The first kappa shape index (κ1) is 19.1. The molecule has 0 aliphatic carbocycles. The zero-order valence-electron chi connectivity index (χ0n) is 16.1. The number of fused-ring (bicyclic) bond motifs is 1. The molecule has 0 aliphatic heterocycles. The van der Waals surface area contributed by atoms with Crippen LogP contribution in [0, 0.1) is 24.0 Å². The number of carbonyl (C=O) groups is 2. The van der Waals surface area contributed by atoms with Gasteiger partial charge in [0.1, 0.15) is 5.76 Å². The minimum atomic E-state index is -1.13. The van der Waals surface area contributed by atoms with Crippen molar-refractivity contribution in [3.05, 3.63) is 87.3 Å². The first-order valence-corrected chi connectivity index (χ1v) is 9.03. The van der Waals surface area contributed by atoms with Crippen molar-refractivity contribution in [3.8, 4) is 11.3 Å². The Morgan fingerprint density at radius 1 is 1.07 bits per heavy atom. The number of hydrogen-bond acceptors (Lipinski definition) is 5. The molecule has 0 fully saturated rings. The number of hydrogen-bond donors (Lipinski definition) is 1. The van der Waals surface area contributed by atoms with E-state index in [2.05, 4.69) is 0 Å². The van der Waals surface area contributed by atoms with Gasteiger partial charge >= 0.3 is 5.97 Å². The Balaban J connectivity index is 1.83. The molecule has 0 unspecified atom stereocenters. The highest BCUT2D eigenvalue weighted by molar-refractivity contribution is 6.10. The molecule has 0 saturated carbocycles. The fourth-order valence-electron chi connectivity index (χ4n) is 3.61. The number of nitro benzene ring substituents is 1. The standard InChI is InChI=1S/C22H16N2O6/c1-12-7-8-14(17(11-12)24(28)29)18-9-10-19(30-18)21(25)23-13(2)20(22(26)27)15-5-3-4-6-16(15)23/h3-11H,1-2H3,(H,26,27). The van der Waals surface area contributed by atoms with Gasteiger partial charge in [0.15, 0.2) is 5.76 Å². The number of aromatic nitrogens is 1. The second kappa shape index (κ2) is 7.00. The first-order chi connectivity index (χ1) is 14.3. The van der Waals surface area contributed by atoms with Crippen LogP contribution < -0.4 is 0 Å². The summed E-state index contributed by atoms with van der Waals surface area (Å²) in [4.78, 5) is 35.8. The molecule has 150 valence electrons. The van der Waals surface area contributed by atoms with Crippen molar-refractivity contribution in [3.63, 3.8) is 0 Å². The third-order valence-electron chi connectivity index (χ3n) is 4.96. The van der Waals surface area contributed by atoms with Gasteiger partial charge in [0.05, 0.1) is 21.6 Å². The molecule has 2 aromatic carbocycles. The minimum Gasteiger partial charge on any atom is -0.478 e. The maximum Gasteiger partial charge on any atom is 0.338 e. The van der Waals surface area contributed by atoms with E-state index in [1.54, 1.807) is 50.2 Å². The number of rotatable bonds is 4. The number of aromatic carboxylic acids is 1. The van der Waals surface area contributed by atoms with Gasteiger partial charge in [-0.3, -0.25) is 19.5 Å². The molecular weight excluding hydrogens is 388 g/mol. The van der Waals surface area contributed by atoms with E-state index in [9.17, 15) is 24.8 Å². The maximum absolute atomic E-state index is 13.2. The number of carbonyl (C=O) groups excluding carboxylic acids is 1. The van der Waals surface area contributed by atoms with Gasteiger partial charge in [-0.1, -0.05) is 24.3 Å². The number of aryl methyl sites for hydroxylation is 1. The lowest BCUT2D eigenvalue weighted by atomic mass is 10.1. The molecular formula is C22H16N2O6. The van der Waals surface area contributed by atoms with Gasteiger partial charge in [0.25, 0.3) is 11.6 Å². The summed E-state index contributed by atoms with van der Waals surface area (Å²) in [5.41, 5.74) is 1.61. The van der Waals surface area contributed by atoms with Crippen LogP contribution in [0.3, 0.4) is 0 Å². The van der Waals surface area contributed by atoms with E-state index < -0.39 is 16.8 Å². The van der Waals surface area contributed by atoms with Gasteiger partial charge in [-0.05, 0) is 43.7 Å². The summed E-state index contributed by atoms with van der Waals surface area (Å²) in [5, 5.41) is 21.4. The smallest absolute Gasteiger partial charge is 0.338 e. The van der Waals surface area contributed by atoms with E-state index in [0.29, 0.717) is 10.9 Å². The van der Waals surface area contributed by atoms with E-state index in [1.807, 2.05) is 0 Å². The van der Waals surface area contributed by atoms with Crippen molar-refractivity contribution in [2.24, 2.45) is 0 Å². The molecule has 0 aliphatic rings. The molecule has 30 heavy (non-hydrogen) atoms. The Kier molecular flexibility index (Phi) is 4.46. The van der Waals surface area contributed by atoms with Gasteiger partial charge in [-0.15, -0.1) is 0 Å². The molecule has 0 atom stereocenters. The number of furan rings is 1. The molecule has 2 heterocycles. The largest absolute Gasteiger partial charge is 0.478 e. The zero-order chi connectivity index (χ0) is 21.6. The van der Waals surface area contributed by atoms with Crippen molar-refractivity contribution in [1.82, 2.24) is 4.57 Å². The zero-order valence-corrected chi connectivity index (χ0v) is 16.1. The van der Waals surface area contributed by atoms with Crippen LogP contribution in [0.15, 0.2) is 59.0 Å². The number of carboxylic acids is 1. The Hall–Kier alpha value is -4.20. The topological polar surface area (TPSA) is 116 Å². The molecule has 0 radical (unpaired) electrons. The van der Waals surface area contributed by atoms with Gasteiger partial charge in [0.2, 0.25) is 0 Å². The fourth-order valence-corrected chi connectivity index (χ4v) is 3.61. The summed E-state index contributed by atoms with van der Waals surface area (Å²) in [6.07, 6.45) is 0. The van der Waals surface area contributed by atoms with Crippen LogP contribution in [0.25, 0.3) is 22.2 Å². The Bertz CT molecular complexity index is 1350. The molecule has 0 spiro atoms. The van der Waals surface area contributed by atoms with Crippen LogP contribution in [0.5, 0.6) is 0 Å². The monoisotopic (exact) mass is 404 g/mol. The van der Waals surface area contributed by atoms with E-state index in [4.69, 9.17) is 4.42 Å². The Labute approximate surface area is 170 Å². The third kappa shape index (κ3) is 2.95. The van der Waals surface area contributed by atoms with Gasteiger partial charge in [-0.25, -0.2) is 4.79 Å². The van der Waals surface area contributed by atoms with Crippen LogP contribution in [-0.4, -0.2) is 26.5 Å². The fraction of sp³-hybridized carbons (Fsp3) is 0.0909. The first-order valence-electron chi connectivity index (χ1n) is 9.03. The van der Waals surface area contributed by atoms with Crippen LogP contribution in [-0.2, 0) is 0 Å². The van der Waals surface area contributed by atoms with Crippen molar-refractivity contribution in [2.45, 2.75) is 13.8 Å². The molecule has 0 amide bonds. The highest BCUT2D eigenvalue weighted by Gasteiger charge is 2.26. The third-order valence-corrected chi connectivity index (χ3v) is 4.96. The number of benzene rings is 2. The number of nitrogens with zero attached hydrogens (tertiary/aromatic N) is 2. The summed E-state index contributed by atoms with van der Waals surface area (Å²) in [5.74, 6) is -1.57. The molecule has 8 heteroatoms. The predicted octanol–water partition coefficient (Wildman–Crippen LogP) is 4.81. The average molecular weight is 404 g/mol. The molecule has 1 N–H and O–H groups in total. The van der Waals surface area contributed by atoms with E-state index >= 15 is 0 Å². The molecule has 0 saturated heterocycles. The number of nitro groups is 1. The Morgan fingerprint density at radius 3 is 2.50 bits per heavy atom. The van der Waals surface area contributed by atoms with Crippen molar-refractivity contribution in [1.29, 1.82) is 0 Å². The average Bonchev–Trinajstić information content (AvgIpc) is 3.29. The second-order valence-corrected chi connectivity index (χ2v) is 6.86. The highest BCUT2D eigenvalue weighted by Crippen LogP contribution is 2.33. The van der Waals surface area contributed by atoms with Crippen LogP contribution in [0.4, 0.5) is 5.69 Å². The molecule has 2 aromatic heterocycles. The summed E-state index contributed by atoms with van der Waals surface area (Å²) in [6.45, 7) is 3.30. The van der Waals surface area contributed by atoms with E-state index in [-0.39, 0.29) is 34.0 Å². The quantitative estimate of drug-likeness (QED) is 0.385. The van der Waals surface area contributed by atoms with Gasteiger partial charge in [0, 0.05) is 17.1 Å². The van der Waals surface area contributed by atoms with E-state index in [0.717, 1.165) is 5.56 Å². The lowest BCUT2D eigenvalue weighted by Gasteiger charge is -2.05. The maximum atomic E-state index is 13.2.